The molecule has 1 heterocycles. The highest BCUT2D eigenvalue weighted by molar-refractivity contribution is 8.18. The van der Waals surface area contributed by atoms with Crippen molar-refractivity contribution in [1.29, 1.82) is 0 Å². The lowest BCUT2D eigenvalue weighted by atomic mass is 10.1. The number of esters is 1. The Morgan fingerprint density at radius 3 is 2.55 bits per heavy atom. The summed E-state index contributed by atoms with van der Waals surface area (Å²) in [6, 6.07) is 11.6. The maximum Gasteiger partial charge on any atom is 0.344 e. The van der Waals surface area contributed by atoms with Crippen LogP contribution in [-0.2, 0) is 9.53 Å². The zero-order chi connectivity index (χ0) is 21.0. The Balaban J connectivity index is 2.04. The molecule has 0 fully saturated rings. The third-order valence-electron chi connectivity index (χ3n) is 3.95. The molecule has 2 aromatic rings. The average Bonchev–Trinajstić information content (AvgIpc) is 3.00. The smallest absolute Gasteiger partial charge is 0.344 e. The van der Waals surface area contributed by atoms with Gasteiger partial charge in [-0.2, -0.15) is 0 Å². The van der Waals surface area contributed by atoms with Crippen molar-refractivity contribution >= 4 is 46.1 Å². The molecule has 0 radical (unpaired) electrons. The van der Waals surface area contributed by atoms with Crippen molar-refractivity contribution in [1.82, 2.24) is 0 Å². The van der Waals surface area contributed by atoms with Crippen molar-refractivity contribution in [2.45, 2.75) is 6.92 Å². The first-order valence-electron chi connectivity index (χ1n) is 8.64. The molecule has 0 aromatic heterocycles. The SMILES string of the molecule is CCOC(=O)C1=C(O)C(=Cc2ccc(OC)cc2O)SC1=Nc1ccc(Cl)cc1. The molecule has 0 spiro atoms. The number of aliphatic imine (C=N–C) groups is 1. The molecular weight excluding hydrogens is 414 g/mol. The second-order valence-corrected chi connectivity index (χ2v) is 7.34. The maximum absolute atomic E-state index is 12.4. The Morgan fingerprint density at radius 1 is 1.21 bits per heavy atom. The first-order chi connectivity index (χ1) is 13.9. The van der Waals surface area contributed by atoms with E-state index in [9.17, 15) is 15.0 Å². The number of benzene rings is 2. The van der Waals surface area contributed by atoms with Crippen LogP contribution in [0.3, 0.4) is 0 Å². The lowest BCUT2D eigenvalue weighted by Crippen LogP contribution is -2.12. The number of hydrogen-bond acceptors (Lipinski definition) is 7. The Labute approximate surface area is 177 Å². The fraction of sp³-hybridized carbons (Fsp3) is 0.143. The van der Waals surface area contributed by atoms with E-state index in [1.807, 2.05) is 0 Å². The zero-order valence-electron chi connectivity index (χ0n) is 15.7. The van der Waals surface area contributed by atoms with Crippen molar-refractivity contribution in [3.8, 4) is 11.5 Å². The van der Waals surface area contributed by atoms with Crippen LogP contribution in [-0.4, -0.2) is 34.9 Å². The monoisotopic (exact) mass is 431 g/mol. The second-order valence-electron chi connectivity index (χ2n) is 5.87. The minimum Gasteiger partial charge on any atom is -0.507 e. The Hall–Kier alpha value is -2.90. The number of carbonyl (C=O) groups is 1. The Morgan fingerprint density at radius 2 is 1.93 bits per heavy atom. The average molecular weight is 432 g/mol. The predicted octanol–water partition coefficient (Wildman–Crippen LogP) is 5.25. The van der Waals surface area contributed by atoms with Crippen molar-refractivity contribution in [3.05, 3.63) is 69.3 Å². The van der Waals surface area contributed by atoms with Crippen LogP contribution < -0.4 is 4.74 Å². The number of halogens is 1. The molecule has 0 saturated carbocycles. The highest BCUT2D eigenvalue weighted by Crippen LogP contribution is 2.41. The van der Waals surface area contributed by atoms with E-state index < -0.39 is 5.97 Å². The molecular formula is C21H18ClNO5S. The van der Waals surface area contributed by atoms with Crippen LogP contribution in [0.1, 0.15) is 12.5 Å². The topological polar surface area (TPSA) is 88.4 Å². The van der Waals surface area contributed by atoms with Gasteiger partial charge in [0.1, 0.15) is 27.9 Å². The van der Waals surface area contributed by atoms with Gasteiger partial charge in [-0.05, 0) is 49.4 Å². The summed E-state index contributed by atoms with van der Waals surface area (Å²) in [6.45, 7) is 1.84. The first kappa shape index (κ1) is 20.8. The van der Waals surface area contributed by atoms with Crippen LogP contribution >= 0.6 is 23.4 Å². The predicted molar refractivity (Wildman–Crippen MR) is 115 cm³/mol. The number of nitrogens with zero attached hydrogens (tertiary/aromatic N) is 1. The quantitative estimate of drug-likeness (QED) is 0.629. The van der Waals surface area contributed by atoms with Crippen LogP contribution in [0.25, 0.3) is 6.08 Å². The van der Waals surface area contributed by atoms with Crippen molar-refractivity contribution < 1.29 is 24.5 Å². The van der Waals surface area contributed by atoms with Crippen LogP contribution in [0, 0.1) is 0 Å². The molecule has 1 aliphatic heterocycles. The Kier molecular flexibility index (Phi) is 6.51. The lowest BCUT2D eigenvalue weighted by Gasteiger charge is -2.04. The summed E-state index contributed by atoms with van der Waals surface area (Å²) < 4.78 is 10.1. The highest BCUT2D eigenvalue weighted by atomic mass is 35.5. The van der Waals surface area contributed by atoms with E-state index in [2.05, 4.69) is 4.99 Å². The summed E-state index contributed by atoms with van der Waals surface area (Å²) in [4.78, 5) is 17.2. The van der Waals surface area contributed by atoms with Gasteiger partial charge in [-0.3, -0.25) is 0 Å². The van der Waals surface area contributed by atoms with Gasteiger partial charge in [-0.25, -0.2) is 9.79 Å². The molecule has 1 aliphatic rings. The van der Waals surface area contributed by atoms with Crippen LogP contribution in [0.5, 0.6) is 11.5 Å². The van der Waals surface area contributed by atoms with Gasteiger partial charge in [0, 0.05) is 16.7 Å². The van der Waals surface area contributed by atoms with Gasteiger partial charge in [-0.15, -0.1) is 0 Å². The lowest BCUT2D eigenvalue weighted by molar-refractivity contribution is -0.138. The number of thioether (sulfide) groups is 1. The summed E-state index contributed by atoms with van der Waals surface area (Å²) in [5.41, 5.74) is 1.00. The molecule has 0 bridgehead atoms. The third-order valence-corrected chi connectivity index (χ3v) is 5.22. The maximum atomic E-state index is 12.4. The number of aromatic hydroxyl groups is 1. The van der Waals surface area contributed by atoms with Gasteiger partial charge < -0.3 is 19.7 Å². The van der Waals surface area contributed by atoms with Gasteiger partial charge in [0.05, 0.1) is 24.3 Å². The number of rotatable bonds is 5. The molecule has 150 valence electrons. The standard InChI is InChI=1S/C21H18ClNO5S/c1-3-28-21(26)18-19(25)17(10-12-4-9-15(27-2)11-16(12)24)29-20(18)23-14-7-5-13(22)6-8-14/h4-11,24-25H,3H2,1-2H3. The van der Waals surface area contributed by atoms with Crippen LogP contribution in [0.2, 0.25) is 5.02 Å². The fourth-order valence-electron chi connectivity index (χ4n) is 2.54. The van der Waals surface area contributed by atoms with Crippen molar-refractivity contribution in [2.24, 2.45) is 4.99 Å². The minimum atomic E-state index is -0.674. The zero-order valence-corrected chi connectivity index (χ0v) is 17.3. The van der Waals surface area contributed by atoms with E-state index in [4.69, 9.17) is 21.1 Å². The van der Waals surface area contributed by atoms with E-state index in [-0.39, 0.29) is 23.7 Å². The number of ether oxygens (including phenoxy) is 2. The minimum absolute atomic E-state index is 0.0222. The summed E-state index contributed by atoms with van der Waals surface area (Å²) in [7, 11) is 1.50. The largest absolute Gasteiger partial charge is 0.507 e. The molecule has 2 N–H and O–H groups in total. The van der Waals surface area contributed by atoms with Gasteiger partial charge in [0.15, 0.2) is 0 Å². The van der Waals surface area contributed by atoms with Crippen molar-refractivity contribution in [3.63, 3.8) is 0 Å². The molecule has 0 saturated heterocycles. The molecule has 0 unspecified atom stereocenters. The Bertz CT molecular complexity index is 1030. The van der Waals surface area contributed by atoms with E-state index >= 15 is 0 Å². The molecule has 0 aliphatic carbocycles. The molecule has 6 nitrogen and oxygen atoms in total. The van der Waals surface area contributed by atoms with Gasteiger partial charge >= 0.3 is 5.97 Å². The molecule has 3 rings (SSSR count). The second kappa shape index (κ2) is 9.07. The fourth-order valence-corrected chi connectivity index (χ4v) is 3.69. The summed E-state index contributed by atoms with van der Waals surface area (Å²) in [6.07, 6.45) is 1.57. The first-order valence-corrected chi connectivity index (χ1v) is 9.84. The van der Waals surface area contributed by atoms with Crippen molar-refractivity contribution in [2.75, 3.05) is 13.7 Å². The number of methoxy groups -OCH3 is 1. The summed E-state index contributed by atoms with van der Waals surface area (Å²) in [5, 5.41) is 21.7. The number of carbonyl (C=O) groups excluding carboxylic acids is 1. The number of aliphatic hydroxyl groups excluding tert-OH is 1. The number of aliphatic hydroxyl groups is 1. The molecule has 29 heavy (non-hydrogen) atoms. The van der Waals surface area contributed by atoms with Gasteiger partial charge in [0.25, 0.3) is 0 Å². The van der Waals surface area contributed by atoms with Gasteiger partial charge in [-0.1, -0.05) is 23.4 Å². The van der Waals surface area contributed by atoms with E-state index in [0.29, 0.717) is 32.0 Å². The number of phenols is 1. The molecule has 2 aromatic carbocycles. The number of phenolic OH excluding ortho intramolecular Hbond substituents is 1. The van der Waals surface area contributed by atoms with Crippen LogP contribution in [0.15, 0.2) is 63.7 Å². The van der Waals surface area contributed by atoms with Gasteiger partial charge in [0.2, 0.25) is 0 Å². The van der Waals surface area contributed by atoms with E-state index in [1.165, 1.54) is 13.2 Å². The van der Waals surface area contributed by atoms with E-state index in [1.54, 1.807) is 49.4 Å². The molecule has 8 heteroatoms. The molecule has 0 amide bonds. The molecule has 0 atom stereocenters. The normalized spacial score (nSPS) is 16.5. The summed E-state index contributed by atoms with van der Waals surface area (Å²) >= 11 is 7.01. The number of hydrogen-bond donors (Lipinski definition) is 2. The van der Waals surface area contributed by atoms with E-state index in [0.717, 1.165) is 11.8 Å². The summed E-state index contributed by atoms with van der Waals surface area (Å²) in [5.74, 6) is -0.448. The van der Waals surface area contributed by atoms with Crippen LogP contribution in [0.4, 0.5) is 5.69 Å². The highest BCUT2D eigenvalue weighted by Gasteiger charge is 2.33. The third kappa shape index (κ3) is 4.75.